The smallest absolute Gasteiger partial charge is 0.444 e. The number of carbonyl (C=O) groups is 2. The molecule has 3 aliphatic carbocycles. The molecule has 2 amide bonds. The van der Waals surface area contributed by atoms with Gasteiger partial charge in [0.15, 0.2) is 0 Å². The SMILES string of the molecule is CC(C)(C)OC(=O)NC12CC(n3cnc(C(=O)N4CC[C@H](OC(F)(F)F)C4)c3)(C1)C2. The summed E-state index contributed by atoms with van der Waals surface area (Å²) in [7, 11) is 0. The lowest BCUT2D eigenvalue weighted by Gasteiger charge is -2.70. The first-order valence-electron chi connectivity index (χ1n) is 9.88. The zero-order valence-corrected chi connectivity index (χ0v) is 17.1. The molecule has 0 radical (unpaired) electrons. The highest BCUT2D eigenvalue weighted by Gasteiger charge is 2.70. The average Bonchev–Trinajstić information content (AvgIpc) is 3.14. The third kappa shape index (κ3) is 3.99. The molecular weight excluding hydrogens is 405 g/mol. The van der Waals surface area contributed by atoms with Crippen LogP contribution in [0.4, 0.5) is 18.0 Å². The molecule has 5 rings (SSSR count). The van der Waals surface area contributed by atoms with Crippen LogP contribution in [0, 0.1) is 0 Å². The lowest BCUT2D eigenvalue weighted by molar-refractivity contribution is -0.340. The van der Waals surface area contributed by atoms with Crippen molar-refractivity contribution in [2.45, 2.75) is 75.6 Å². The number of alkyl halides is 3. The fourth-order valence-electron chi connectivity index (χ4n) is 4.71. The van der Waals surface area contributed by atoms with E-state index < -0.39 is 30.1 Å². The van der Waals surface area contributed by atoms with E-state index in [2.05, 4.69) is 15.0 Å². The van der Waals surface area contributed by atoms with Gasteiger partial charge in [0, 0.05) is 19.3 Å². The summed E-state index contributed by atoms with van der Waals surface area (Å²) in [5.74, 6) is -0.407. The van der Waals surface area contributed by atoms with Crippen molar-refractivity contribution in [2.24, 2.45) is 0 Å². The molecule has 166 valence electrons. The first-order valence-corrected chi connectivity index (χ1v) is 9.88. The number of alkyl carbamates (subject to hydrolysis) is 1. The number of imidazole rings is 1. The molecule has 1 atom stereocenters. The minimum absolute atomic E-state index is 0.112. The van der Waals surface area contributed by atoms with Gasteiger partial charge in [0.05, 0.1) is 23.5 Å². The molecule has 2 heterocycles. The molecule has 4 fully saturated rings. The van der Waals surface area contributed by atoms with Crippen molar-refractivity contribution in [3.8, 4) is 0 Å². The van der Waals surface area contributed by atoms with Crippen LogP contribution in [0.3, 0.4) is 0 Å². The minimum atomic E-state index is -4.71. The van der Waals surface area contributed by atoms with E-state index in [0.717, 1.165) is 0 Å². The molecule has 3 saturated carbocycles. The predicted molar refractivity (Wildman–Crippen MR) is 97.6 cm³/mol. The highest BCUT2D eigenvalue weighted by atomic mass is 19.4. The van der Waals surface area contributed by atoms with Crippen LogP contribution in [-0.2, 0) is 15.0 Å². The van der Waals surface area contributed by atoms with Gasteiger partial charge in [-0.15, -0.1) is 13.2 Å². The van der Waals surface area contributed by atoms with Crippen LogP contribution in [0.2, 0.25) is 0 Å². The lowest BCUT2D eigenvalue weighted by Crippen LogP contribution is -2.78. The third-order valence-electron chi connectivity index (χ3n) is 5.85. The molecule has 4 aliphatic rings. The van der Waals surface area contributed by atoms with Crippen molar-refractivity contribution in [1.29, 1.82) is 0 Å². The van der Waals surface area contributed by atoms with Crippen LogP contribution >= 0.6 is 0 Å². The molecule has 0 spiro atoms. The maximum atomic E-state index is 12.6. The molecule has 11 heteroatoms. The number of nitrogens with one attached hydrogen (secondary N) is 1. The van der Waals surface area contributed by atoms with Crippen molar-refractivity contribution in [3.05, 3.63) is 18.2 Å². The van der Waals surface area contributed by atoms with E-state index in [4.69, 9.17) is 4.74 Å². The second-order valence-electron chi connectivity index (χ2n) is 9.55. The molecule has 1 aromatic heterocycles. The van der Waals surface area contributed by atoms with Gasteiger partial charge in [-0.3, -0.25) is 9.53 Å². The number of amides is 2. The molecule has 2 bridgehead atoms. The Labute approximate surface area is 171 Å². The Bertz CT molecular complexity index is 841. The first-order chi connectivity index (χ1) is 13.8. The number of aromatic nitrogens is 2. The zero-order valence-electron chi connectivity index (χ0n) is 17.1. The topological polar surface area (TPSA) is 85.7 Å². The summed E-state index contributed by atoms with van der Waals surface area (Å²) in [6.07, 6.45) is -0.708. The van der Waals surface area contributed by atoms with Crippen LogP contribution in [0.5, 0.6) is 0 Å². The van der Waals surface area contributed by atoms with Crippen LogP contribution in [0.25, 0.3) is 0 Å². The fourth-order valence-corrected chi connectivity index (χ4v) is 4.71. The number of halogens is 3. The van der Waals surface area contributed by atoms with Gasteiger partial charge in [0.2, 0.25) is 0 Å². The Morgan fingerprint density at radius 2 is 1.90 bits per heavy atom. The molecule has 1 aliphatic heterocycles. The third-order valence-corrected chi connectivity index (χ3v) is 5.85. The normalized spacial score (nSPS) is 30.5. The number of likely N-dealkylation sites (tertiary alicyclic amines) is 1. The Morgan fingerprint density at radius 1 is 1.23 bits per heavy atom. The largest absolute Gasteiger partial charge is 0.522 e. The van der Waals surface area contributed by atoms with Crippen LogP contribution in [-0.4, -0.2) is 63.1 Å². The Balaban J connectivity index is 1.31. The van der Waals surface area contributed by atoms with Gasteiger partial charge in [0.1, 0.15) is 11.3 Å². The maximum absolute atomic E-state index is 12.6. The summed E-state index contributed by atoms with van der Waals surface area (Å²) in [5.41, 5.74) is -0.840. The summed E-state index contributed by atoms with van der Waals surface area (Å²) < 4.78 is 48.3. The van der Waals surface area contributed by atoms with Crippen molar-refractivity contribution < 1.29 is 32.2 Å². The lowest BCUT2D eigenvalue weighted by atomic mass is 9.44. The molecule has 0 aromatic carbocycles. The van der Waals surface area contributed by atoms with Crippen molar-refractivity contribution in [3.63, 3.8) is 0 Å². The molecule has 8 nitrogen and oxygen atoms in total. The monoisotopic (exact) mass is 430 g/mol. The number of ether oxygens (including phenoxy) is 2. The van der Waals surface area contributed by atoms with E-state index in [1.165, 1.54) is 4.90 Å². The summed E-state index contributed by atoms with van der Waals surface area (Å²) >= 11 is 0. The van der Waals surface area contributed by atoms with Crippen LogP contribution < -0.4 is 5.32 Å². The van der Waals surface area contributed by atoms with Gasteiger partial charge < -0.3 is 19.5 Å². The minimum Gasteiger partial charge on any atom is -0.444 e. The number of hydrogen-bond acceptors (Lipinski definition) is 5. The van der Waals surface area contributed by atoms with E-state index >= 15 is 0 Å². The second kappa shape index (κ2) is 6.60. The van der Waals surface area contributed by atoms with Crippen LogP contribution in [0.15, 0.2) is 12.5 Å². The van der Waals surface area contributed by atoms with Crippen LogP contribution in [0.1, 0.15) is 56.9 Å². The van der Waals surface area contributed by atoms with Crippen molar-refractivity contribution in [2.75, 3.05) is 13.1 Å². The highest BCUT2D eigenvalue weighted by Crippen LogP contribution is 2.65. The fraction of sp³-hybridized carbons (Fsp3) is 0.737. The van der Waals surface area contributed by atoms with Gasteiger partial charge >= 0.3 is 12.5 Å². The summed E-state index contributed by atoms with van der Waals surface area (Å²) in [5, 5.41) is 2.93. The molecule has 1 saturated heterocycles. The van der Waals surface area contributed by atoms with Gasteiger partial charge in [-0.25, -0.2) is 9.78 Å². The van der Waals surface area contributed by atoms with E-state index in [9.17, 15) is 22.8 Å². The second-order valence-corrected chi connectivity index (χ2v) is 9.55. The number of nitrogens with zero attached hydrogens (tertiary/aromatic N) is 3. The molecular formula is C19H25F3N4O4. The summed E-state index contributed by atoms with van der Waals surface area (Å²) in [4.78, 5) is 30.1. The number of hydrogen-bond donors (Lipinski definition) is 1. The van der Waals surface area contributed by atoms with E-state index in [-0.39, 0.29) is 36.3 Å². The van der Waals surface area contributed by atoms with E-state index in [1.807, 2.05) is 4.57 Å². The highest BCUT2D eigenvalue weighted by molar-refractivity contribution is 5.92. The van der Waals surface area contributed by atoms with Gasteiger partial charge in [-0.2, -0.15) is 0 Å². The predicted octanol–water partition coefficient (Wildman–Crippen LogP) is 2.79. The quantitative estimate of drug-likeness (QED) is 0.794. The first kappa shape index (κ1) is 21.0. The standard InChI is InChI=1S/C19H25F3N4O4/c1-16(2,3)30-15(28)24-17-8-18(9-17,10-17)26-7-13(23-11-26)14(27)25-5-4-12(6-25)29-19(20,21)22/h7,11-12H,4-6,8-10H2,1-3H3,(H,24,28)/t12-,17?,18?/m0/s1. The average molecular weight is 430 g/mol. The van der Waals surface area contributed by atoms with E-state index in [0.29, 0.717) is 19.3 Å². The summed E-state index contributed by atoms with van der Waals surface area (Å²) in [6, 6.07) is 0. The Hall–Kier alpha value is -2.30. The number of carbonyl (C=O) groups excluding carboxylic acids is 2. The van der Waals surface area contributed by atoms with Gasteiger partial charge in [0.25, 0.3) is 5.91 Å². The summed E-state index contributed by atoms with van der Waals surface area (Å²) in [6.45, 7) is 5.49. The van der Waals surface area contributed by atoms with Gasteiger partial charge in [-0.05, 0) is 46.5 Å². The molecule has 0 unspecified atom stereocenters. The van der Waals surface area contributed by atoms with Gasteiger partial charge in [-0.1, -0.05) is 0 Å². The van der Waals surface area contributed by atoms with Crippen molar-refractivity contribution >= 4 is 12.0 Å². The maximum Gasteiger partial charge on any atom is 0.522 e. The number of rotatable bonds is 4. The molecule has 1 aromatic rings. The van der Waals surface area contributed by atoms with Crippen molar-refractivity contribution in [1.82, 2.24) is 19.8 Å². The molecule has 30 heavy (non-hydrogen) atoms. The molecule has 1 N–H and O–H groups in total. The Kier molecular flexibility index (Phi) is 4.61. The zero-order chi connectivity index (χ0) is 21.9. The Morgan fingerprint density at radius 3 is 2.50 bits per heavy atom. The van der Waals surface area contributed by atoms with E-state index in [1.54, 1.807) is 33.3 Å².